The Labute approximate surface area is 312 Å². The van der Waals surface area contributed by atoms with Crippen LogP contribution in [0.4, 0.5) is 5.69 Å². The van der Waals surface area contributed by atoms with E-state index in [1.54, 1.807) is 0 Å². The fourth-order valence-electron chi connectivity index (χ4n) is 7.10. The number of ether oxygens (including phenoxy) is 1. The molecule has 4 heteroatoms. The lowest BCUT2D eigenvalue weighted by molar-refractivity contribution is 0.291. The monoisotopic (exact) mass is 693 g/mol. The summed E-state index contributed by atoms with van der Waals surface area (Å²) in [6.07, 6.45) is 14.8. The van der Waals surface area contributed by atoms with Crippen LogP contribution in [0, 0.1) is 19.3 Å². The van der Waals surface area contributed by atoms with Crippen LogP contribution in [0.5, 0.6) is 5.75 Å². The van der Waals surface area contributed by atoms with E-state index in [1.165, 1.54) is 44.5 Å². The Bertz CT molecular complexity index is 2190. The summed E-state index contributed by atoms with van der Waals surface area (Å²) in [5.41, 5.74) is 13.4. The van der Waals surface area contributed by atoms with Gasteiger partial charge in [0.25, 0.3) is 0 Å². The maximum Gasteiger partial charge on any atom is 0.203 e. The molecule has 0 saturated carbocycles. The standard InChI is InChI=1S/C48H57N2O2/c1-31-24-32(2)26-37(25-31)46-33(16-18-35-27-44(47(3,4)5)51-42-29-38(49(9)10)20-22-40(35)42)14-13-15-34(46)17-19-36-28-45(48(6,7)8)52-43-30-39(50(11)12)21-23-41(36)43/h16-30H,13-15H2,1-12H3/q+1. The van der Waals surface area contributed by atoms with Crippen molar-refractivity contribution in [2.24, 2.45) is 5.41 Å². The third-order valence-electron chi connectivity index (χ3n) is 10.0. The van der Waals surface area contributed by atoms with Gasteiger partial charge >= 0.3 is 0 Å². The van der Waals surface area contributed by atoms with E-state index < -0.39 is 0 Å². The molecule has 0 amide bonds. The second-order valence-electron chi connectivity index (χ2n) is 17.1. The molecule has 2 aliphatic heterocycles. The van der Waals surface area contributed by atoms with Crippen LogP contribution in [-0.4, -0.2) is 28.2 Å². The smallest absolute Gasteiger partial charge is 0.203 e. The Balaban J connectivity index is 1.53. The van der Waals surface area contributed by atoms with E-state index in [9.17, 15) is 0 Å². The number of anilines is 1. The van der Waals surface area contributed by atoms with Gasteiger partial charge in [-0.1, -0.05) is 95.2 Å². The highest BCUT2D eigenvalue weighted by Gasteiger charge is 2.27. The summed E-state index contributed by atoms with van der Waals surface area (Å²) in [4.78, 5) is 2.13. The van der Waals surface area contributed by atoms with Gasteiger partial charge in [-0.05, 0) is 96.9 Å². The van der Waals surface area contributed by atoms with E-state index in [4.69, 9.17) is 9.15 Å². The van der Waals surface area contributed by atoms with E-state index >= 15 is 0 Å². The Morgan fingerprint density at radius 1 is 0.750 bits per heavy atom. The molecule has 52 heavy (non-hydrogen) atoms. The minimum atomic E-state index is -0.124. The molecular formula is C48H57N2O2+. The highest BCUT2D eigenvalue weighted by atomic mass is 16.5. The lowest BCUT2D eigenvalue weighted by Gasteiger charge is -2.29. The van der Waals surface area contributed by atoms with Gasteiger partial charge in [-0.3, -0.25) is 0 Å². The molecule has 0 spiro atoms. The van der Waals surface area contributed by atoms with E-state index in [1.807, 2.05) is 0 Å². The summed E-state index contributed by atoms with van der Waals surface area (Å²) in [5, 5.41) is 1.13. The first-order valence-corrected chi connectivity index (χ1v) is 18.7. The largest absolute Gasteiger partial charge is 0.460 e. The summed E-state index contributed by atoms with van der Waals surface area (Å²) in [7, 11) is 8.29. The quantitative estimate of drug-likeness (QED) is 0.195. The predicted octanol–water partition coefficient (Wildman–Crippen LogP) is 11.4. The van der Waals surface area contributed by atoms with E-state index in [-0.39, 0.29) is 10.8 Å². The molecule has 0 fully saturated rings. The highest BCUT2D eigenvalue weighted by molar-refractivity contribution is 5.88. The Morgan fingerprint density at radius 3 is 2.12 bits per heavy atom. The van der Waals surface area contributed by atoms with Crippen molar-refractivity contribution in [2.75, 3.05) is 33.1 Å². The van der Waals surface area contributed by atoms with Gasteiger partial charge in [0, 0.05) is 53.9 Å². The zero-order valence-corrected chi connectivity index (χ0v) is 33.5. The molecule has 0 aromatic heterocycles. The van der Waals surface area contributed by atoms with Crippen molar-refractivity contribution >= 4 is 22.9 Å². The van der Waals surface area contributed by atoms with Crippen molar-refractivity contribution in [3.05, 3.63) is 141 Å². The van der Waals surface area contributed by atoms with Gasteiger partial charge in [0.05, 0.1) is 6.07 Å². The van der Waals surface area contributed by atoms with Crippen LogP contribution in [0.3, 0.4) is 0 Å². The molecule has 4 aliphatic rings. The Hall–Kier alpha value is -4.83. The molecule has 0 atom stereocenters. The van der Waals surface area contributed by atoms with Gasteiger partial charge in [-0.25, -0.2) is 4.58 Å². The average Bonchev–Trinajstić information content (AvgIpc) is 3.07. The number of rotatable bonds is 5. The maximum atomic E-state index is 6.54. The third-order valence-corrected chi connectivity index (χ3v) is 10.0. The van der Waals surface area contributed by atoms with E-state index in [0.29, 0.717) is 0 Å². The lowest BCUT2D eigenvalue weighted by atomic mass is 9.81. The second kappa shape index (κ2) is 14.3. The number of fused-ring (bicyclic) bond motifs is 2. The summed E-state index contributed by atoms with van der Waals surface area (Å²) < 4.78 is 15.2. The Kier molecular flexibility index (Phi) is 10.2. The van der Waals surface area contributed by atoms with Crippen molar-refractivity contribution in [1.29, 1.82) is 0 Å². The van der Waals surface area contributed by atoms with E-state index in [0.717, 1.165) is 64.5 Å². The summed E-state index contributed by atoms with van der Waals surface area (Å²) >= 11 is 0. The van der Waals surface area contributed by atoms with Crippen molar-refractivity contribution < 1.29 is 9.15 Å². The van der Waals surface area contributed by atoms with Gasteiger partial charge in [-0.15, -0.1) is 0 Å². The number of hydrogen-bond acceptors (Lipinski definition) is 3. The van der Waals surface area contributed by atoms with Crippen LogP contribution in [0.15, 0.2) is 106 Å². The van der Waals surface area contributed by atoms with Crippen LogP contribution in [0.1, 0.15) is 94.4 Å². The number of hydrogen-bond donors (Lipinski definition) is 0. The van der Waals surface area contributed by atoms with Gasteiger partial charge in [0.1, 0.15) is 37.1 Å². The van der Waals surface area contributed by atoms with Crippen molar-refractivity contribution in [1.82, 2.24) is 4.58 Å². The lowest BCUT2D eigenvalue weighted by Crippen LogP contribution is -2.21. The Morgan fingerprint density at radius 2 is 1.46 bits per heavy atom. The second-order valence-corrected chi connectivity index (χ2v) is 17.1. The molecular weight excluding hydrogens is 637 g/mol. The first-order valence-electron chi connectivity index (χ1n) is 18.7. The van der Waals surface area contributed by atoms with Crippen molar-refractivity contribution in [2.45, 2.75) is 80.1 Å². The molecule has 0 radical (unpaired) electrons. The molecule has 0 saturated heterocycles. The summed E-state index contributed by atoms with van der Waals surface area (Å²) in [6, 6.07) is 22.3. The molecule has 2 aromatic carbocycles. The summed E-state index contributed by atoms with van der Waals surface area (Å²) in [5.74, 6) is 3.78. The predicted molar refractivity (Wildman–Crippen MR) is 222 cm³/mol. The van der Waals surface area contributed by atoms with Crippen LogP contribution in [-0.2, 0) is 5.41 Å². The topological polar surface area (TPSA) is 28.6 Å². The fraction of sp³-hybridized carbons (Fsp3) is 0.354. The van der Waals surface area contributed by atoms with Gasteiger partial charge in [0.2, 0.25) is 5.36 Å². The minimum absolute atomic E-state index is 0.124. The molecule has 4 nitrogen and oxygen atoms in total. The normalized spacial score (nSPS) is 16.8. The van der Waals surface area contributed by atoms with Gasteiger partial charge in [-0.2, -0.15) is 0 Å². The van der Waals surface area contributed by atoms with Crippen LogP contribution in [0.25, 0.3) is 28.5 Å². The van der Waals surface area contributed by atoms with Crippen molar-refractivity contribution in [3.8, 4) is 17.1 Å². The number of nitrogens with zero attached hydrogens (tertiary/aromatic N) is 2. The van der Waals surface area contributed by atoms with Crippen LogP contribution < -0.4 is 19.6 Å². The summed E-state index contributed by atoms with van der Waals surface area (Å²) in [6.45, 7) is 17.7. The molecule has 0 bridgehead atoms. The maximum absolute atomic E-state index is 6.54. The minimum Gasteiger partial charge on any atom is -0.460 e. The zero-order chi connectivity index (χ0) is 37.5. The number of benzene rings is 3. The molecule has 2 heterocycles. The van der Waals surface area contributed by atoms with E-state index in [2.05, 4.69) is 184 Å². The molecule has 0 N–H and O–H groups in total. The highest BCUT2D eigenvalue weighted by Crippen LogP contribution is 2.43. The molecule has 6 rings (SSSR count). The van der Waals surface area contributed by atoms with Gasteiger partial charge < -0.3 is 14.1 Å². The van der Waals surface area contributed by atoms with Gasteiger partial charge in [0.15, 0.2) is 0 Å². The average molecular weight is 694 g/mol. The molecule has 2 aliphatic carbocycles. The zero-order valence-electron chi connectivity index (χ0n) is 33.5. The SMILES string of the molecule is Cc1cc(C)cc(C2=C(/C=C/c3cc(C(C)(C)C)oc4cc(=[N+](C)C)ccc3-4)CCC/C2=C\C=C2/C=C(C(C)(C)C)Oc3cc(N(C)C)ccc32)c1. The third kappa shape index (κ3) is 7.97. The van der Waals surface area contributed by atoms with Crippen LogP contribution in [0.2, 0.25) is 0 Å². The molecule has 0 unspecified atom stereocenters. The first-order chi connectivity index (χ1) is 24.5. The molecule has 2 aromatic rings. The van der Waals surface area contributed by atoms with Crippen LogP contribution >= 0.6 is 0 Å². The number of allylic oxidation sites excluding steroid dienone is 9. The van der Waals surface area contributed by atoms with Crippen molar-refractivity contribution in [3.63, 3.8) is 0 Å². The fourth-order valence-corrected chi connectivity index (χ4v) is 7.10. The first kappa shape index (κ1) is 36.9. The number of aryl methyl sites for hydroxylation is 2. The molecule has 270 valence electrons.